The third-order valence-corrected chi connectivity index (χ3v) is 4.97. The maximum atomic E-state index is 14.5. The zero-order chi connectivity index (χ0) is 20.6. The Kier molecular flexibility index (Phi) is 5.02. The van der Waals surface area contributed by atoms with Crippen LogP contribution in [-0.2, 0) is 14.3 Å². The lowest BCUT2D eigenvalue weighted by atomic mass is 10.0. The molecule has 0 spiro atoms. The molecule has 152 valence electrons. The van der Waals surface area contributed by atoms with Crippen molar-refractivity contribution in [3.8, 4) is 0 Å². The van der Waals surface area contributed by atoms with Gasteiger partial charge in [0.2, 0.25) is 0 Å². The van der Waals surface area contributed by atoms with E-state index < -0.39 is 5.79 Å². The van der Waals surface area contributed by atoms with Crippen LogP contribution in [0, 0.1) is 12.7 Å². The van der Waals surface area contributed by atoms with Gasteiger partial charge in [-0.15, -0.1) is 0 Å². The molecule has 0 bridgehead atoms. The highest BCUT2D eigenvalue weighted by atomic mass is 19.1. The molecule has 0 aromatic heterocycles. The van der Waals surface area contributed by atoms with Crippen LogP contribution < -0.4 is 16.0 Å². The molecule has 1 unspecified atom stereocenters. The lowest BCUT2D eigenvalue weighted by molar-refractivity contribution is -0.136. The van der Waals surface area contributed by atoms with E-state index in [2.05, 4.69) is 16.0 Å². The minimum atomic E-state index is -0.602. The predicted octanol–water partition coefficient (Wildman–Crippen LogP) is 4.10. The minimum Gasteiger partial charge on any atom is -0.380 e. The van der Waals surface area contributed by atoms with Crippen LogP contribution in [0.1, 0.15) is 25.0 Å². The number of carbonyl (C=O) groups is 1. The molecule has 0 radical (unpaired) electrons. The van der Waals surface area contributed by atoms with Crippen molar-refractivity contribution in [3.05, 3.63) is 59.5 Å². The second-order valence-electron chi connectivity index (χ2n) is 7.68. The van der Waals surface area contributed by atoms with Crippen molar-refractivity contribution in [3.63, 3.8) is 0 Å². The maximum Gasteiger partial charge on any atom is 0.257 e. The highest BCUT2D eigenvalue weighted by Crippen LogP contribution is 2.34. The van der Waals surface area contributed by atoms with Gasteiger partial charge in [0, 0.05) is 29.7 Å². The summed E-state index contributed by atoms with van der Waals surface area (Å²) in [5.41, 5.74) is 4.12. The highest BCUT2D eigenvalue weighted by molar-refractivity contribution is 6.32. The van der Waals surface area contributed by atoms with Crippen molar-refractivity contribution in [2.75, 3.05) is 29.1 Å². The summed E-state index contributed by atoms with van der Waals surface area (Å²) in [6.07, 6.45) is 1.48. The standard InChI is InChI=1S/C22H24FN3O3/c1-13-5-4-6-19-20(13)16(21(27)26-19)11-24-14-7-8-18(17(23)9-14)25-10-15-12-28-22(2,3)29-15/h4-9,11,15,24-25H,10,12H2,1-3H3,(H,26,27)/b16-11+. The molecule has 0 aliphatic carbocycles. The van der Waals surface area contributed by atoms with E-state index in [-0.39, 0.29) is 17.8 Å². The Balaban J connectivity index is 1.43. The predicted molar refractivity (Wildman–Crippen MR) is 111 cm³/mol. The van der Waals surface area contributed by atoms with Gasteiger partial charge in [-0.05, 0) is 50.6 Å². The van der Waals surface area contributed by atoms with E-state index >= 15 is 0 Å². The number of nitrogens with one attached hydrogen (secondary N) is 3. The zero-order valence-corrected chi connectivity index (χ0v) is 16.6. The topological polar surface area (TPSA) is 71.6 Å². The van der Waals surface area contributed by atoms with Crippen LogP contribution in [-0.4, -0.2) is 30.9 Å². The quantitative estimate of drug-likeness (QED) is 0.663. The number of carbonyl (C=O) groups excluding carboxylic acids is 1. The lowest BCUT2D eigenvalue weighted by Crippen LogP contribution is -2.26. The van der Waals surface area contributed by atoms with Crippen LogP contribution in [0.5, 0.6) is 0 Å². The number of aryl methyl sites for hydroxylation is 1. The van der Waals surface area contributed by atoms with Gasteiger partial charge in [0.15, 0.2) is 5.79 Å². The van der Waals surface area contributed by atoms with Crippen LogP contribution in [0.25, 0.3) is 5.57 Å². The van der Waals surface area contributed by atoms with Gasteiger partial charge in [0.1, 0.15) is 11.9 Å². The summed E-state index contributed by atoms with van der Waals surface area (Å²) in [6.45, 7) is 6.58. The summed E-state index contributed by atoms with van der Waals surface area (Å²) in [4.78, 5) is 12.3. The number of ether oxygens (including phenoxy) is 2. The van der Waals surface area contributed by atoms with Crippen LogP contribution in [0.2, 0.25) is 0 Å². The van der Waals surface area contributed by atoms with E-state index in [1.54, 1.807) is 18.3 Å². The Morgan fingerprint density at radius 2 is 2.14 bits per heavy atom. The third kappa shape index (κ3) is 4.11. The van der Waals surface area contributed by atoms with Crippen molar-refractivity contribution < 1.29 is 18.7 Å². The van der Waals surface area contributed by atoms with E-state index in [0.29, 0.717) is 30.1 Å². The molecule has 2 aromatic carbocycles. The van der Waals surface area contributed by atoms with Crippen molar-refractivity contribution in [1.29, 1.82) is 0 Å². The first-order valence-corrected chi connectivity index (χ1v) is 9.56. The molecule has 3 N–H and O–H groups in total. The van der Waals surface area contributed by atoms with E-state index in [1.807, 2.05) is 39.0 Å². The van der Waals surface area contributed by atoms with Gasteiger partial charge >= 0.3 is 0 Å². The summed E-state index contributed by atoms with van der Waals surface area (Å²) in [5.74, 6) is -1.17. The molecule has 2 aromatic rings. The molecule has 1 fully saturated rings. The maximum absolute atomic E-state index is 14.5. The summed E-state index contributed by atoms with van der Waals surface area (Å²) < 4.78 is 25.7. The van der Waals surface area contributed by atoms with Crippen molar-refractivity contribution in [1.82, 2.24) is 0 Å². The number of anilines is 3. The molecule has 1 atom stereocenters. The van der Waals surface area contributed by atoms with Crippen LogP contribution in [0.4, 0.5) is 21.5 Å². The van der Waals surface area contributed by atoms with Crippen molar-refractivity contribution >= 4 is 28.5 Å². The number of benzene rings is 2. The molecule has 2 aliphatic heterocycles. The molecule has 1 amide bonds. The number of rotatable bonds is 5. The van der Waals surface area contributed by atoms with Crippen molar-refractivity contribution in [2.45, 2.75) is 32.7 Å². The minimum absolute atomic E-state index is 0.129. The van der Waals surface area contributed by atoms with E-state index in [1.165, 1.54) is 6.07 Å². The Labute approximate surface area is 169 Å². The molecule has 4 rings (SSSR count). The fourth-order valence-corrected chi connectivity index (χ4v) is 3.56. The summed E-state index contributed by atoms with van der Waals surface area (Å²) >= 11 is 0. The van der Waals surface area contributed by atoms with Gasteiger partial charge in [-0.3, -0.25) is 4.79 Å². The van der Waals surface area contributed by atoms with Gasteiger partial charge in [-0.25, -0.2) is 4.39 Å². The molecular weight excluding hydrogens is 373 g/mol. The smallest absolute Gasteiger partial charge is 0.257 e. The Morgan fingerprint density at radius 3 is 2.86 bits per heavy atom. The third-order valence-electron chi connectivity index (χ3n) is 4.97. The molecule has 29 heavy (non-hydrogen) atoms. The summed E-state index contributed by atoms with van der Waals surface area (Å²) in [5, 5.41) is 8.92. The van der Waals surface area contributed by atoms with Gasteiger partial charge < -0.3 is 25.4 Å². The van der Waals surface area contributed by atoms with Crippen LogP contribution in [0.15, 0.2) is 42.6 Å². The fourth-order valence-electron chi connectivity index (χ4n) is 3.56. The Hall–Kier alpha value is -2.90. The van der Waals surface area contributed by atoms with Crippen LogP contribution in [0.3, 0.4) is 0 Å². The first-order valence-electron chi connectivity index (χ1n) is 9.56. The van der Waals surface area contributed by atoms with Crippen molar-refractivity contribution in [2.24, 2.45) is 0 Å². The number of halogens is 1. The average Bonchev–Trinajstić information content (AvgIpc) is 3.18. The van der Waals surface area contributed by atoms with E-state index in [4.69, 9.17) is 9.47 Å². The average molecular weight is 397 g/mol. The van der Waals surface area contributed by atoms with Crippen LogP contribution >= 0.6 is 0 Å². The summed E-state index contributed by atoms with van der Waals surface area (Å²) in [7, 11) is 0. The largest absolute Gasteiger partial charge is 0.380 e. The second-order valence-corrected chi connectivity index (χ2v) is 7.68. The fraction of sp³-hybridized carbons (Fsp3) is 0.318. The molecule has 2 heterocycles. The molecule has 1 saturated heterocycles. The molecule has 2 aliphatic rings. The number of hydrogen-bond acceptors (Lipinski definition) is 5. The van der Waals surface area contributed by atoms with E-state index in [9.17, 15) is 9.18 Å². The number of amides is 1. The van der Waals surface area contributed by atoms with E-state index in [0.717, 1.165) is 16.8 Å². The molecule has 6 nitrogen and oxygen atoms in total. The lowest BCUT2D eigenvalue weighted by Gasteiger charge is -2.17. The number of hydrogen-bond donors (Lipinski definition) is 3. The molecule has 0 saturated carbocycles. The molecular formula is C22H24FN3O3. The normalized spacial score (nSPS) is 21.2. The van der Waals surface area contributed by atoms with Gasteiger partial charge in [-0.2, -0.15) is 0 Å². The van der Waals surface area contributed by atoms with Gasteiger partial charge in [0.05, 0.1) is 17.9 Å². The zero-order valence-electron chi connectivity index (χ0n) is 16.6. The SMILES string of the molecule is Cc1cccc2c1/C(=C\Nc1ccc(NCC3COC(C)(C)O3)c(F)c1)C(=O)N2. The Bertz CT molecular complexity index is 987. The van der Waals surface area contributed by atoms with Gasteiger partial charge in [0.25, 0.3) is 5.91 Å². The van der Waals surface area contributed by atoms with Gasteiger partial charge in [-0.1, -0.05) is 12.1 Å². The second kappa shape index (κ2) is 7.50. The monoisotopic (exact) mass is 397 g/mol. The molecule has 7 heteroatoms. The number of fused-ring (bicyclic) bond motifs is 1. The first kappa shape index (κ1) is 19.4. The summed E-state index contributed by atoms with van der Waals surface area (Å²) in [6, 6.07) is 10.5. The first-order chi connectivity index (χ1) is 13.8. The highest BCUT2D eigenvalue weighted by Gasteiger charge is 2.32. The Morgan fingerprint density at radius 1 is 1.31 bits per heavy atom.